The van der Waals surface area contributed by atoms with E-state index < -0.39 is 6.04 Å². The van der Waals surface area contributed by atoms with Crippen molar-refractivity contribution in [2.75, 3.05) is 11.5 Å². The summed E-state index contributed by atoms with van der Waals surface area (Å²) < 4.78 is 5.16. The molecule has 136 valence electrons. The maximum absolute atomic E-state index is 13.2. The number of pyridine rings is 1. The van der Waals surface area contributed by atoms with Crippen LogP contribution in [0.4, 0.5) is 5.69 Å². The second-order valence-corrected chi connectivity index (χ2v) is 6.64. The second-order valence-electron chi connectivity index (χ2n) is 6.64. The first-order chi connectivity index (χ1) is 13.1. The SMILES string of the molecule is CCOC(=O)CC1c2cc(C)ccc2C(=O)N1c1cccc2cccnc12. The summed E-state index contributed by atoms with van der Waals surface area (Å²) in [7, 11) is 0. The number of amides is 1. The van der Waals surface area contributed by atoms with E-state index in [1.54, 1.807) is 18.0 Å². The molecule has 3 aromatic rings. The normalized spacial score (nSPS) is 15.9. The van der Waals surface area contributed by atoms with Gasteiger partial charge < -0.3 is 4.74 Å². The molecule has 0 saturated carbocycles. The summed E-state index contributed by atoms with van der Waals surface area (Å²) >= 11 is 0. The lowest BCUT2D eigenvalue weighted by Gasteiger charge is -2.25. The maximum Gasteiger partial charge on any atom is 0.308 e. The highest BCUT2D eigenvalue weighted by Crippen LogP contribution is 2.42. The average molecular weight is 360 g/mol. The summed E-state index contributed by atoms with van der Waals surface area (Å²) in [5.41, 5.74) is 3.99. The largest absolute Gasteiger partial charge is 0.466 e. The number of esters is 1. The molecule has 1 aliphatic heterocycles. The van der Waals surface area contributed by atoms with Gasteiger partial charge in [-0.2, -0.15) is 0 Å². The van der Waals surface area contributed by atoms with Gasteiger partial charge in [0, 0.05) is 17.1 Å². The van der Waals surface area contributed by atoms with Gasteiger partial charge in [0.1, 0.15) is 0 Å². The van der Waals surface area contributed by atoms with E-state index >= 15 is 0 Å². The van der Waals surface area contributed by atoms with E-state index in [2.05, 4.69) is 4.98 Å². The Morgan fingerprint density at radius 3 is 2.81 bits per heavy atom. The zero-order chi connectivity index (χ0) is 19.0. The van der Waals surface area contributed by atoms with Crippen LogP contribution in [-0.2, 0) is 9.53 Å². The molecule has 0 bridgehead atoms. The number of benzene rings is 2. The van der Waals surface area contributed by atoms with Crippen molar-refractivity contribution in [1.82, 2.24) is 4.98 Å². The van der Waals surface area contributed by atoms with Crippen molar-refractivity contribution < 1.29 is 14.3 Å². The average Bonchev–Trinajstić information content (AvgIpc) is 2.92. The lowest BCUT2D eigenvalue weighted by atomic mass is 9.99. The maximum atomic E-state index is 13.2. The number of nitrogens with zero attached hydrogens (tertiary/aromatic N) is 2. The van der Waals surface area contributed by atoms with E-state index in [1.807, 2.05) is 55.5 Å². The van der Waals surface area contributed by atoms with Gasteiger partial charge in [-0.05, 0) is 37.6 Å². The van der Waals surface area contributed by atoms with Crippen LogP contribution >= 0.6 is 0 Å². The molecular weight excluding hydrogens is 340 g/mol. The summed E-state index contributed by atoms with van der Waals surface area (Å²) in [6.07, 6.45) is 1.82. The van der Waals surface area contributed by atoms with Crippen LogP contribution < -0.4 is 4.90 Å². The molecule has 0 N–H and O–H groups in total. The van der Waals surface area contributed by atoms with Gasteiger partial charge >= 0.3 is 5.97 Å². The number of aryl methyl sites for hydroxylation is 1. The minimum atomic E-state index is -0.404. The molecule has 1 amide bonds. The van der Waals surface area contributed by atoms with E-state index in [-0.39, 0.29) is 18.3 Å². The minimum Gasteiger partial charge on any atom is -0.466 e. The van der Waals surface area contributed by atoms with Crippen molar-refractivity contribution in [3.8, 4) is 0 Å². The number of hydrogen-bond acceptors (Lipinski definition) is 4. The fourth-order valence-corrected chi connectivity index (χ4v) is 3.70. The van der Waals surface area contributed by atoms with E-state index in [1.165, 1.54) is 0 Å². The van der Waals surface area contributed by atoms with Gasteiger partial charge in [0.05, 0.1) is 30.3 Å². The first-order valence-electron chi connectivity index (χ1n) is 9.03. The lowest BCUT2D eigenvalue weighted by Crippen LogP contribution is -2.30. The van der Waals surface area contributed by atoms with Gasteiger partial charge in [-0.1, -0.05) is 35.9 Å². The quantitative estimate of drug-likeness (QED) is 0.654. The third-order valence-electron chi connectivity index (χ3n) is 4.86. The highest BCUT2D eigenvalue weighted by molar-refractivity contribution is 6.14. The summed E-state index contributed by atoms with van der Waals surface area (Å²) in [6.45, 7) is 4.08. The number of rotatable bonds is 4. The number of carbonyl (C=O) groups excluding carboxylic acids is 2. The Morgan fingerprint density at radius 2 is 2.00 bits per heavy atom. The Hall–Kier alpha value is -3.21. The zero-order valence-corrected chi connectivity index (χ0v) is 15.3. The van der Waals surface area contributed by atoms with Crippen LogP contribution in [0.15, 0.2) is 54.7 Å². The molecule has 0 fully saturated rings. The predicted molar refractivity (Wildman–Crippen MR) is 104 cm³/mol. The summed E-state index contributed by atoms with van der Waals surface area (Å²) in [4.78, 5) is 31.7. The fourth-order valence-electron chi connectivity index (χ4n) is 3.70. The van der Waals surface area contributed by atoms with E-state index in [0.29, 0.717) is 17.9 Å². The van der Waals surface area contributed by atoms with Gasteiger partial charge in [0.2, 0.25) is 0 Å². The fraction of sp³-hybridized carbons (Fsp3) is 0.227. The summed E-state index contributed by atoms with van der Waals surface area (Å²) in [5, 5.41) is 0.949. The second kappa shape index (κ2) is 6.83. The summed E-state index contributed by atoms with van der Waals surface area (Å²) in [5.74, 6) is -0.430. The molecule has 27 heavy (non-hydrogen) atoms. The third-order valence-corrected chi connectivity index (χ3v) is 4.86. The minimum absolute atomic E-state index is 0.110. The Bertz CT molecular complexity index is 1040. The van der Waals surface area contributed by atoms with Crippen LogP contribution in [0.5, 0.6) is 0 Å². The molecule has 0 aliphatic carbocycles. The van der Waals surface area contributed by atoms with Crippen molar-refractivity contribution in [3.05, 3.63) is 71.4 Å². The standard InChI is InChI=1S/C22H20N2O3/c1-3-27-20(25)13-19-17-12-14(2)9-10-16(17)22(26)24(19)18-8-4-6-15-7-5-11-23-21(15)18/h4-12,19H,3,13H2,1-2H3. The van der Waals surface area contributed by atoms with E-state index in [9.17, 15) is 9.59 Å². The number of aromatic nitrogens is 1. The van der Waals surface area contributed by atoms with Crippen LogP contribution in [0.3, 0.4) is 0 Å². The highest BCUT2D eigenvalue weighted by atomic mass is 16.5. The number of carbonyl (C=O) groups is 2. The molecular formula is C22H20N2O3. The van der Waals surface area contributed by atoms with Crippen molar-refractivity contribution in [1.29, 1.82) is 0 Å². The van der Waals surface area contributed by atoms with Gasteiger partial charge in [0.25, 0.3) is 5.91 Å². The van der Waals surface area contributed by atoms with Gasteiger partial charge in [-0.25, -0.2) is 0 Å². The molecule has 5 heteroatoms. The number of fused-ring (bicyclic) bond motifs is 2. The molecule has 0 radical (unpaired) electrons. The third kappa shape index (κ3) is 2.95. The number of ether oxygens (including phenoxy) is 1. The molecule has 5 nitrogen and oxygen atoms in total. The van der Waals surface area contributed by atoms with Crippen LogP contribution in [0.2, 0.25) is 0 Å². The molecule has 2 heterocycles. The molecule has 0 saturated heterocycles. The van der Waals surface area contributed by atoms with Gasteiger partial charge in [-0.3, -0.25) is 19.5 Å². The molecule has 4 rings (SSSR count). The van der Waals surface area contributed by atoms with Crippen LogP contribution in [0.1, 0.15) is 40.9 Å². The smallest absolute Gasteiger partial charge is 0.308 e. The molecule has 1 atom stereocenters. The Labute approximate surface area is 157 Å². The predicted octanol–water partition coefficient (Wildman–Crippen LogP) is 4.20. The zero-order valence-electron chi connectivity index (χ0n) is 15.3. The molecule has 1 aliphatic rings. The van der Waals surface area contributed by atoms with Crippen LogP contribution in [0, 0.1) is 6.92 Å². The molecule has 0 spiro atoms. The van der Waals surface area contributed by atoms with Crippen LogP contribution in [0.25, 0.3) is 10.9 Å². The van der Waals surface area contributed by atoms with Gasteiger partial charge in [0.15, 0.2) is 0 Å². The van der Waals surface area contributed by atoms with E-state index in [4.69, 9.17) is 4.74 Å². The lowest BCUT2D eigenvalue weighted by molar-refractivity contribution is -0.143. The summed E-state index contributed by atoms with van der Waals surface area (Å²) in [6, 6.07) is 14.9. The highest BCUT2D eigenvalue weighted by Gasteiger charge is 2.40. The van der Waals surface area contributed by atoms with Crippen LogP contribution in [-0.4, -0.2) is 23.5 Å². The molecule has 1 unspecified atom stereocenters. The first kappa shape index (κ1) is 17.2. The van der Waals surface area contributed by atoms with Crippen molar-refractivity contribution in [2.45, 2.75) is 26.3 Å². The Kier molecular flexibility index (Phi) is 4.36. The Balaban J connectivity index is 1.87. The molecule has 1 aromatic heterocycles. The van der Waals surface area contributed by atoms with Gasteiger partial charge in [-0.15, -0.1) is 0 Å². The van der Waals surface area contributed by atoms with Crippen molar-refractivity contribution >= 4 is 28.5 Å². The topological polar surface area (TPSA) is 59.5 Å². The monoisotopic (exact) mass is 360 g/mol. The van der Waals surface area contributed by atoms with E-state index in [0.717, 1.165) is 22.0 Å². The Morgan fingerprint density at radius 1 is 1.19 bits per heavy atom. The number of anilines is 1. The molecule has 2 aromatic carbocycles. The number of hydrogen-bond donors (Lipinski definition) is 0. The van der Waals surface area contributed by atoms with Crippen molar-refractivity contribution in [2.24, 2.45) is 0 Å². The number of para-hydroxylation sites is 1. The first-order valence-corrected chi connectivity index (χ1v) is 9.03. The van der Waals surface area contributed by atoms with Crippen molar-refractivity contribution in [3.63, 3.8) is 0 Å².